The molecular weight excluding hydrogens is 498 g/mol. The van der Waals surface area contributed by atoms with Crippen LogP contribution in [-0.4, -0.2) is 66.5 Å². The Balaban J connectivity index is 0.000000206. The third-order valence-electron chi connectivity index (χ3n) is 6.88. The normalized spacial score (nSPS) is 19.8. The zero-order chi connectivity index (χ0) is 27.3. The number of piperidine rings is 2. The molecule has 0 aromatic heterocycles. The zero-order valence-corrected chi connectivity index (χ0v) is 20.5. The van der Waals surface area contributed by atoms with Crippen LogP contribution in [0.3, 0.4) is 0 Å². The third-order valence-corrected chi connectivity index (χ3v) is 6.88. The summed E-state index contributed by atoms with van der Waals surface area (Å²) in [5, 5.41) is 10.5. The number of anilines is 2. The number of aliphatic hydroxyl groups is 1. The second-order valence-electron chi connectivity index (χ2n) is 9.88. The van der Waals surface area contributed by atoms with Gasteiger partial charge in [0.05, 0.1) is 18.7 Å². The van der Waals surface area contributed by atoms with Crippen molar-refractivity contribution in [3.05, 3.63) is 59.7 Å². The molecule has 37 heavy (non-hydrogen) atoms. The van der Waals surface area contributed by atoms with Gasteiger partial charge >= 0.3 is 12.4 Å². The fourth-order valence-corrected chi connectivity index (χ4v) is 4.94. The van der Waals surface area contributed by atoms with Gasteiger partial charge in [0, 0.05) is 24.5 Å². The van der Waals surface area contributed by atoms with Crippen molar-refractivity contribution in [3.63, 3.8) is 0 Å². The lowest BCUT2D eigenvalue weighted by Gasteiger charge is -2.38. The summed E-state index contributed by atoms with van der Waals surface area (Å²) in [6, 6.07) is 14.5. The van der Waals surface area contributed by atoms with Gasteiger partial charge in [0.15, 0.2) is 0 Å². The van der Waals surface area contributed by atoms with E-state index in [0.717, 1.165) is 18.4 Å². The van der Waals surface area contributed by atoms with Crippen molar-refractivity contribution in [1.29, 1.82) is 0 Å². The van der Waals surface area contributed by atoms with Crippen LogP contribution < -0.4 is 11.5 Å². The van der Waals surface area contributed by atoms with Gasteiger partial charge in [-0.25, -0.2) is 0 Å². The number of rotatable bonds is 4. The van der Waals surface area contributed by atoms with Crippen molar-refractivity contribution < 1.29 is 31.4 Å². The number of likely N-dealkylation sites (tertiary alicyclic amines) is 2. The Bertz CT molecular complexity index is 997. The van der Waals surface area contributed by atoms with Crippen LogP contribution in [0.15, 0.2) is 48.5 Å². The quantitative estimate of drug-likeness (QED) is 0.376. The van der Waals surface area contributed by atoms with Crippen LogP contribution in [0.1, 0.15) is 42.7 Å². The van der Waals surface area contributed by atoms with Crippen LogP contribution in [-0.2, 0) is 5.60 Å². The highest BCUT2D eigenvalue weighted by Gasteiger charge is 2.38. The highest BCUT2D eigenvalue weighted by Crippen LogP contribution is 2.34. The maximum Gasteiger partial charge on any atom is 0.401 e. The second-order valence-corrected chi connectivity index (χ2v) is 9.88. The number of hydrogen-bond donors (Lipinski definition) is 3. The van der Waals surface area contributed by atoms with Crippen molar-refractivity contribution in [2.24, 2.45) is 0 Å². The largest absolute Gasteiger partial charge is 0.401 e. The number of nitrogens with two attached hydrogens (primary N) is 2. The van der Waals surface area contributed by atoms with Crippen LogP contribution in [0, 0.1) is 0 Å². The summed E-state index contributed by atoms with van der Waals surface area (Å²) in [4.78, 5) is 2.80. The summed E-state index contributed by atoms with van der Waals surface area (Å²) in [5.74, 6) is 0.331. The molecule has 2 aliphatic rings. The van der Waals surface area contributed by atoms with Gasteiger partial charge in [-0.15, -0.1) is 0 Å². The van der Waals surface area contributed by atoms with E-state index in [2.05, 4.69) is 0 Å². The first-order valence-corrected chi connectivity index (χ1v) is 12.2. The van der Waals surface area contributed by atoms with E-state index in [0.29, 0.717) is 35.9 Å². The summed E-state index contributed by atoms with van der Waals surface area (Å²) in [6.45, 7) is -0.260. The summed E-state index contributed by atoms with van der Waals surface area (Å²) in [5.41, 5.74) is 13.4. The predicted octanol–water partition coefficient (Wildman–Crippen LogP) is 5.13. The lowest BCUT2D eigenvalue weighted by atomic mass is 9.84. The van der Waals surface area contributed by atoms with Gasteiger partial charge < -0.3 is 16.6 Å². The van der Waals surface area contributed by atoms with Gasteiger partial charge in [0.25, 0.3) is 0 Å². The highest BCUT2D eigenvalue weighted by molar-refractivity contribution is 5.43. The van der Waals surface area contributed by atoms with Crippen LogP contribution in [0.2, 0.25) is 0 Å². The van der Waals surface area contributed by atoms with E-state index in [1.807, 2.05) is 24.3 Å². The van der Waals surface area contributed by atoms with Gasteiger partial charge in [-0.2, -0.15) is 26.3 Å². The highest BCUT2D eigenvalue weighted by atomic mass is 19.4. The Labute approximate surface area is 213 Å². The minimum atomic E-state index is -4.19. The van der Waals surface area contributed by atoms with Gasteiger partial charge in [-0.3, -0.25) is 9.80 Å². The number of nitrogens with zero attached hydrogens (tertiary/aromatic N) is 2. The van der Waals surface area contributed by atoms with E-state index in [4.69, 9.17) is 11.5 Å². The van der Waals surface area contributed by atoms with E-state index in [1.54, 1.807) is 24.3 Å². The summed E-state index contributed by atoms with van der Waals surface area (Å²) >= 11 is 0. The molecule has 2 fully saturated rings. The topological polar surface area (TPSA) is 78.8 Å². The Hall–Kier alpha value is -2.50. The molecule has 5 N–H and O–H groups in total. The fourth-order valence-electron chi connectivity index (χ4n) is 4.94. The van der Waals surface area contributed by atoms with E-state index in [9.17, 15) is 31.4 Å². The summed E-state index contributed by atoms with van der Waals surface area (Å²) in [6.07, 6.45) is -6.19. The average molecular weight is 533 g/mol. The molecule has 0 aliphatic carbocycles. The first kappa shape index (κ1) is 29.1. The predicted molar refractivity (Wildman–Crippen MR) is 132 cm³/mol. The number of hydrogen-bond acceptors (Lipinski definition) is 5. The Morgan fingerprint density at radius 2 is 1.24 bits per heavy atom. The molecule has 0 amide bonds. The van der Waals surface area contributed by atoms with E-state index in [-0.39, 0.29) is 25.9 Å². The van der Waals surface area contributed by atoms with E-state index in [1.165, 1.54) is 9.80 Å². The van der Waals surface area contributed by atoms with Crippen LogP contribution in [0.25, 0.3) is 0 Å². The molecule has 2 heterocycles. The monoisotopic (exact) mass is 532 g/mol. The van der Waals surface area contributed by atoms with Crippen molar-refractivity contribution in [3.8, 4) is 0 Å². The van der Waals surface area contributed by atoms with Crippen molar-refractivity contribution in [2.45, 2.75) is 49.6 Å². The molecule has 0 bridgehead atoms. The Kier molecular flexibility index (Phi) is 9.36. The molecule has 2 aromatic carbocycles. The minimum Gasteiger partial charge on any atom is -0.399 e. The van der Waals surface area contributed by atoms with Crippen molar-refractivity contribution in [1.82, 2.24) is 9.80 Å². The standard InChI is InChI=1S/C13H17F3N2O.C13H17F3N2/c14-13(15,16)9-18-6-4-12(19,5-7-18)10-2-1-3-11(17)8-10;14-13(15,16)9-18-6-4-10(5-7-18)11-2-1-3-12(17)8-11/h1-3,8,19H,4-7,9,17H2;1-3,8,10H,4-7,9,17H2. The average Bonchev–Trinajstić information content (AvgIpc) is 2.80. The molecule has 2 saturated heterocycles. The van der Waals surface area contributed by atoms with Gasteiger partial charge in [0.1, 0.15) is 0 Å². The SMILES string of the molecule is Nc1cccc(C2(O)CCN(CC(F)(F)F)CC2)c1.Nc1cccc(C2CCN(CC(F)(F)F)CC2)c1. The van der Waals surface area contributed by atoms with E-state index < -0.39 is 31.0 Å². The lowest BCUT2D eigenvalue weighted by molar-refractivity contribution is -0.154. The molecular formula is C26H34F6N4O. The minimum absolute atomic E-state index is 0.227. The Morgan fingerprint density at radius 3 is 1.73 bits per heavy atom. The van der Waals surface area contributed by atoms with Crippen LogP contribution in [0.4, 0.5) is 37.7 Å². The molecule has 206 valence electrons. The third kappa shape index (κ3) is 9.39. The molecule has 11 heteroatoms. The molecule has 0 unspecified atom stereocenters. The first-order chi connectivity index (χ1) is 17.2. The lowest BCUT2D eigenvalue weighted by Crippen LogP contribution is -2.45. The summed E-state index contributed by atoms with van der Waals surface area (Å²) in [7, 11) is 0. The maximum atomic E-state index is 12.3. The molecule has 0 atom stereocenters. The van der Waals surface area contributed by atoms with Crippen LogP contribution >= 0.6 is 0 Å². The molecule has 0 spiro atoms. The Morgan fingerprint density at radius 1 is 0.757 bits per heavy atom. The summed E-state index contributed by atoms with van der Waals surface area (Å²) < 4.78 is 73.6. The number of nitrogen functional groups attached to an aromatic ring is 2. The molecule has 2 aromatic rings. The maximum absolute atomic E-state index is 12.3. The number of alkyl halides is 6. The number of halogens is 6. The fraction of sp³-hybridized carbons (Fsp3) is 0.538. The first-order valence-electron chi connectivity index (χ1n) is 12.2. The molecule has 2 aliphatic heterocycles. The van der Waals surface area contributed by atoms with Crippen LogP contribution in [0.5, 0.6) is 0 Å². The molecule has 0 radical (unpaired) electrons. The molecule has 4 rings (SSSR count). The molecule has 5 nitrogen and oxygen atoms in total. The molecule has 0 saturated carbocycles. The van der Waals surface area contributed by atoms with E-state index >= 15 is 0 Å². The van der Waals surface area contributed by atoms with Crippen molar-refractivity contribution in [2.75, 3.05) is 50.7 Å². The zero-order valence-electron chi connectivity index (χ0n) is 20.5. The smallest absolute Gasteiger partial charge is 0.399 e. The van der Waals surface area contributed by atoms with Gasteiger partial charge in [-0.05, 0) is 80.1 Å². The second kappa shape index (κ2) is 11.9. The number of benzene rings is 2. The van der Waals surface area contributed by atoms with Crippen molar-refractivity contribution >= 4 is 11.4 Å². The van der Waals surface area contributed by atoms with Gasteiger partial charge in [0.2, 0.25) is 0 Å². The van der Waals surface area contributed by atoms with Gasteiger partial charge in [-0.1, -0.05) is 24.3 Å².